The summed E-state index contributed by atoms with van der Waals surface area (Å²) in [5.74, 6) is -0.990. The van der Waals surface area contributed by atoms with Crippen molar-refractivity contribution < 1.29 is 18.0 Å². The van der Waals surface area contributed by atoms with Crippen LogP contribution in [0.5, 0.6) is 0 Å². The summed E-state index contributed by atoms with van der Waals surface area (Å²) in [6, 6.07) is -0.780. The van der Waals surface area contributed by atoms with Gasteiger partial charge in [-0.1, -0.05) is 19.8 Å². The van der Waals surface area contributed by atoms with Gasteiger partial charge in [-0.15, -0.1) is 0 Å². The zero-order valence-corrected chi connectivity index (χ0v) is 11.3. The summed E-state index contributed by atoms with van der Waals surface area (Å²) in [7, 11) is -3.29. The molecule has 2 amide bonds. The number of fused-ring (bicyclic) bond motifs is 1. The first-order valence-corrected chi connectivity index (χ1v) is 8.05. The molecule has 2 heterocycles. The number of rotatable bonds is 4. The Bertz CT molecular complexity index is 460. The molecule has 0 aromatic heterocycles. The third kappa shape index (κ3) is 2.50. The van der Waals surface area contributed by atoms with E-state index < -0.39 is 15.9 Å². The Labute approximate surface area is 107 Å². The summed E-state index contributed by atoms with van der Waals surface area (Å²) in [5, 5.41) is 0. The first-order chi connectivity index (χ1) is 8.44. The van der Waals surface area contributed by atoms with E-state index in [1.165, 1.54) is 9.80 Å². The Kier molecular flexibility index (Phi) is 3.61. The second-order valence-corrected chi connectivity index (χ2v) is 6.96. The Morgan fingerprint density at radius 2 is 2.00 bits per heavy atom. The number of piperazine rings is 1. The Hall–Kier alpha value is -1.11. The van der Waals surface area contributed by atoms with Gasteiger partial charge in [0.1, 0.15) is 11.9 Å². The lowest BCUT2D eigenvalue weighted by molar-refractivity contribution is -0.153. The van der Waals surface area contributed by atoms with Crippen LogP contribution in [0.15, 0.2) is 0 Å². The highest BCUT2D eigenvalue weighted by Crippen LogP contribution is 2.22. The van der Waals surface area contributed by atoms with Crippen molar-refractivity contribution in [2.45, 2.75) is 32.2 Å². The van der Waals surface area contributed by atoms with Crippen LogP contribution in [0.25, 0.3) is 0 Å². The number of hydrogen-bond acceptors (Lipinski definition) is 4. The molecule has 0 radical (unpaired) electrons. The summed E-state index contributed by atoms with van der Waals surface area (Å²) in [6.45, 7) is 2.63. The number of nitrogens with zero attached hydrogens (tertiary/aromatic N) is 2. The fourth-order valence-corrected chi connectivity index (χ4v) is 4.08. The molecule has 2 rings (SSSR count). The number of carbonyl (C=O) groups is 2. The SMILES string of the molecule is CCCCCN1CC(=O)N2CS(=O)(=O)CC2C1=O. The third-order valence-corrected chi connectivity index (χ3v) is 4.89. The first-order valence-electron chi connectivity index (χ1n) is 6.23. The maximum atomic E-state index is 12.1. The predicted molar refractivity (Wildman–Crippen MR) is 65.4 cm³/mol. The van der Waals surface area contributed by atoms with Gasteiger partial charge >= 0.3 is 0 Å². The number of carbonyl (C=O) groups excluding carboxylic acids is 2. The van der Waals surface area contributed by atoms with Crippen LogP contribution in [-0.2, 0) is 19.4 Å². The van der Waals surface area contributed by atoms with Crippen LogP contribution >= 0.6 is 0 Å². The molecule has 0 saturated carbocycles. The zero-order chi connectivity index (χ0) is 13.3. The van der Waals surface area contributed by atoms with E-state index in [-0.39, 0.29) is 30.0 Å². The van der Waals surface area contributed by atoms with Gasteiger partial charge in [0.15, 0.2) is 9.84 Å². The molecule has 0 bridgehead atoms. The predicted octanol–water partition coefficient (Wildman–Crippen LogP) is -0.398. The Balaban J connectivity index is 2.07. The minimum atomic E-state index is -3.29. The average molecular weight is 274 g/mol. The molecule has 7 heteroatoms. The topological polar surface area (TPSA) is 74.8 Å². The van der Waals surface area contributed by atoms with Gasteiger partial charge in [0.25, 0.3) is 0 Å². The monoisotopic (exact) mass is 274 g/mol. The highest BCUT2D eigenvalue weighted by atomic mass is 32.2. The fraction of sp³-hybridized carbons (Fsp3) is 0.818. The van der Waals surface area contributed by atoms with Crippen molar-refractivity contribution in [1.29, 1.82) is 0 Å². The maximum Gasteiger partial charge on any atom is 0.246 e. The van der Waals surface area contributed by atoms with Crippen LogP contribution in [0, 0.1) is 0 Å². The van der Waals surface area contributed by atoms with Crippen molar-refractivity contribution in [2.24, 2.45) is 0 Å². The average Bonchev–Trinajstić information content (AvgIpc) is 2.62. The standard InChI is InChI=1S/C11H18N2O4S/c1-2-3-4-5-12-6-10(14)13-8-18(16,17)7-9(13)11(12)15/h9H,2-8H2,1H3. The minimum Gasteiger partial charge on any atom is -0.332 e. The van der Waals surface area contributed by atoms with E-state index in [1.54, 1.807) is 0 Å². The molecule has 0 spiro atoms. The van der Waals surface area contributed by atoms with Gasteiger partial charge in [-0.2, -0.15) is 0 Å². The van der Waals surface area contributed by atoms with Gasteiger partial charge in [-0.25, -0.2) is 8.42 Å². The Morgan fingerprint density at radius 1 is 1.28 bits per heavy atom. The van der Waals surface area contributed by atoms with E-state index >= 15 is 0 Å². The molecule has 2 aliphatic heterocycles. The summed E-state index contributed by atoms with van der Waals surface area (Å²) in [4.78, 5) is 26.6. The summed E-state index contributed by atoms with van der Waals surface area (Å²) < 4.78 is 23.0. The highest BCUT2D eigenvalue weighted by molar-refractivity contribution is 7.91. The summed E-state index contributed by atoms with van der Waals surface area (Å²) in [6.07, 6.45) is 2.90. The lowest BCUT2D eigenvalue weighted by Crippen LogP contribution is -2.58. The number of sulfone groups is 1. The van der Waals surface area contributed by atoms with E-state index in [1.807, 2.05) is 0 Å². The molecular weight excluding hydrogens is 256 g/mol. The molecule has 0 N–H and O–H groups in total. The van der Waals surface area contributed by atoms with Gasteiger partial charge in [0.05, 0.1) is 12.3 Å². The second kappa shape index (κ2) is 4.87. The van der Waals surface area contributed by atoms with Crippen molar-refractivity contribution in [3.05, 3.63) is 0 Å². The molecule has 2 aliphatic rings. The zero-order valence-electron chi connectivity index (χ0n) is 10.5. The smallest absolute Gasteiger partial charge is 0.246 e. The highest BCUT2D eigenvalue weighted by Gasteiger charge is 2.47. The molecule has 2 saturated heterocycles. The molecule has 1 unspecified atom stereocenters. The molecule has 6 nitrogen and oxygen atoms in total. The summed E-state index contributed by atoms with van der Waals surface area (Å²) >= 11 is 0. The van der Waals surface area contributed by atoms with Crippen LogP contribution in [0.3, 0.4) is 0 Å². The van der Waals surface area contributed by atoms with Gasteiger partial charge in [0, 0.05) is 6.54 Å². The first kappa shape index (κ1) is 13.3. The van der Waals surface area contributed by atoms with Crippen LogP contribution < -0.4 is 0 Å². The molecule has 102 valence electrons. The van der Waals surface area contributed by atoms with Gasteiger partial charge < -0.3 is 9.80 Å². The number of amides is 2. The van der Waals surface area contributed by atoms with Crippen LogP contribution in [-0.4, -0.2) is 60.8 Å². The molecule has 18 heavy (non-hydrogen) atoms. The van der Waals surface area contributed by atoms with Crippen LogP contribution in [0.2, 0.25) is 0 Å². The van der Waals surface area contributed by atoms with E-state index in [0.717, 1.165) is 19.3 Å². The van der Waals surface area contributed by atoms with Gasteiger partial charge in [-0.3, -0.25) is 9.59 Å². The third-order valence-electron chi connectivity index (χ3n) is 3.40. The van der Waals surface area contributed by atoms with Gasteiger partial charge in [0.2, 0.25) is 11.8 Å². The van der Waals surface area contributed by atoms with Crippen LogP contribution in [0.4, 0.5) is 0 Å². The molecule has 0 aliphatic carbocycles. The second-order valence-electron chi connectivity index (χ2n) is 4.89. The molecule has 1 atom stereocenters. The normalized spacial score (nSPS) is 26.6. The van der Waals surface area contributed by atoms with Crippen molar-refractivity contribution >= 4 is 21.7 Å². The maximum absolute atomic E-state index is 12.1. The van der Waals surface area contributed by atoms with Crippen molar-refractivity contribution in [2.75, 3.05) is 24.7 Å². The van der Waals surface area contributed by atoms with Gasteiger partial charge in [-0.05, 0) is 6.42 Å². The summed E-state index contributed by atoms with van der Waals surface area (Å²) in [5.41, 5.74) is 0. The molecule has 0 aromatic carbocycles. The van der Waals surface area contributed by atoms with Crippen molar-refractivity contribution in [3.8, 4) is 0 Å². The largest absolute Gasteiger partial charge is 0.332 e. The Morgan fingerprint density at radius 3 is 2.67 bits per heavy atom. The fourth-order valence-electron chi connectivity index (χ4n) is 2.42. The quantitative estimate of drug-likeness (QED) is 0.654. The number of hydrogen-bond donors (Lipinski definition) is 0. The minimum absolute atomic E-state index is 0.0224. The molecule has 2 fully saturated rings. The molecular formula is C11H18N2O4S. The van der Waals surface area contributed by atoms with E-state index in [4.69, 9.17) is 0 Å². The lowest BCUT2D eigenvalue weighted by atomic mass is 10.1. The lowest BCUT2D eigenvalue weighted by Gasteiger charge is -2.35. The van der Waals surface area contributed by atoms with Crippen molar-refractivity contribution in [1.82, 2.24) is 9.80 Å². The molecule has 0 aromatic rings. The van der Waals surface area contributed by atoms with E-state index in [9.17, 15) is 18.0 Å². The van der Waals surface area contributed by atoms with Crippen molar-refractivity contribution in [3.63, 3.8) is 0 Å². The number of unbranched alkanes of at least 4 members (excludes halogenated alkanes) is 2. The van der Waals surface area contributed by atoms with E-state index in [2.05, 4.69) is 6.92 Å². The van der Waals surface area contributed by atoms with Crippen LogP contribution in [0.1, 0.15) is 26.2 Å². The van der Waals surface area contributed by atoms with E-state index in [0.29, 0.717) is 6.54 Å².